The standard InChI is InChI=1S/C15H16FN3O4/c16-4-9(5-18-15(21)22)8-23-12-3-10-7-19(11-1-2-11)14(20)13(10)17-6-12/h3-4,6,11,18H,1-2,5,7-8H2,(H,21,22). The molecule has 7 nitrogen and oxygen atoms in total. The summed E-state index contributed by atoms with van der Waals surface area (Å²) in [6.07, 6.45) is 2.57. The van der Waals surface area contributed by atoms with Gasteiger partial charge in [-0.3, -0.25) is 4.79 Å². The second-order valence-electron chi connectivity index (χ2n) is 5.56. The summed E-state index contributed by atoms with van der Waals surface area (Å²) in [7, 11) is 0. The van der Waals surface area contributed by atoms with E-state index in [1.165, 1.54) is 6.20 Å². The van der Waals surface area contributed by atoms with E-state index < -0.39 is 6.09 Å². The average Bonchev–Trinajstić information content (AvgIpc) is 3.32. The summed E-state index contributed by atoms with van der Waals surface area (Å²) in [5, 5.41) is 10.6. The molecule has 0 spiro atoms. The number of carbonyl (C=O) groups is 2. The highest BCUT2D eigenvalue weighted by Gasteiger charge is 2.39. The fourth-order valence-corrected chi connectivity index (χ4v) is 2.44. The lowest BCUT2D eigenvalue weighted by Gasteiger charge is -2.12. The maximum absolute atomic E-state index is 12.7. The van der Waals surface area contributed by atoms with Crippen molar-refractivity contribution in [3.63, 3.8) is 0 Å². The van der Waals surface area contributed by atoms with Gasteiger partial charge in [0.2, 0.25) is 0 Å². The van der Waals surface area contributed by atoms with Crippen molar-refractivity contribution in [2.75, 3.05) is 13.2 Å². The summed E-state index contributed by atoms with van der Waals surface area (Å²) < 4.78 is 18.1. The van der Waals surface area contributed by atoms with Crippen LogP contribution in [0.2, 0.25) is 0 Å². The molecular weight excluding hydrogens is 305 g/mol. The first kappa shape index (κ1) is 15.3. The van der Waals surface area contributed by atoms with E-state index in [-0.39, 0.29) is 24.6 Å². The summed E-state index contributed by atoms with van der Waals surface area (Å²) in [4.78, 5) is 28.5. The number of halogens is 1. The highest BCUT2D eigenvalue weighted by atomic mass is 19.1. The number of hydrogen-bond donors (Lipinski definition) is 2. The first-order chi connectivity index (χ1) is 11.1. The Morgan fingerprint density at radius 2 is 2.35 bits per heavy atom. The molecule has 2 aliphatic rings. The molecule has 0 radical (unpaired) electrons. The van der Waals surface area contributed by atoms with Crippen LogP contribution in [0.3, 0.4) is 0 Å². The van der Waals surface area contributed by atoms with Gasteiger partial charge < -0.3 is 20.1 Å². The molecule has 2 heterocycles. The maximum Gasteiger partial charge on any atom is 0.404 e. The van der Waals surface area contributed by atoms with E-state index in [2.05, 4.69) is 10.3 Å². The minimum Gasteiger partial charge on any atom is -0.487 e. The van der Waals surface area contributed by atoms with Gasteiger partial charge in [0.1, 0.15) is 18.1 Å². The van der Waals surface area contributed by atoms with Gasteiger partial charge in [0.25, 0.3) is 5.91 Å². The van der Waals surface area contributed by atoms with Crippen LogP contribution in [0.1, 0.15) is 28.9 Å². The van der Waals surface area contributed by atoms with Crippen LogP contribution in [-0.2, 0) is 6.54 Å². The van der Waals surface area contributed by atoms with Crippen molar-refractivity contribution in [3.05, 3.63) is 35.4 Å². The number of amides is 2. The van der Waals surface area contributed by atoms with Gasteiger partial charge in [-0.15, -0.1) is 0 Å². The molecule has 3 rings (SSSR count). The zero-order valence-electron chi connectivity index (χ0n) is 12.3. The van der Waals surface area contributed by atoms with E-state index in [0.29, 0.717) is 30.4 Å². The number of aromatic nitrogens is 1. The van der Waals surface area contributed by atoms with Gasteiger partial charge in [0.05, 0.1) is 12.5 Å². The third-order valence-corrected chi connectivity index (χ3v) is 3.78. The van der Waals surface area contributed by atoms with Crippen LogP contribution in [0.4, 0.5) is 9.18 Å². The lowest BCUT2D eigenvalue weighted by atomic mass is 10.2. The molecule has 1 saturated carbocycles. The molecule has 1 fully saturated rings. The van der Waals surface area contributed by atoms with Gasteiger partial charge in [-0.1, -0.05) is 0 Å². The number of carboxylic acid groups (broad SMARTS) is 1. The summed E-state index contributed by atoms with van der Waals surface area (Å²) in [5.74, 6) is 0.368. The highest BCUT2D eigenvalue weighted by molar-refractivity contribution is 5.96. The van der Waals surface area contributed by atoms with Crippen LogP contribution >= 0.6 is 0 Å². The summed E-state index contributed by atoms with van der Waals surface area (Å²) >= 11 is 0. The number of carbonyl (C=O) groups excluding carboxylic acids is 1. The van der Waals surface area contributed by atoms with E-state index in [4.69, 9.17) is 9.84 Å². The van der Waals surface area contributed by atoms with Crippen LogP contribution in [0.5, 0.6) is 5.75 Å². The van der Waals surface area contributed by atoms with Crippen LogP contribution in [0.15, 0.2) is 24.2 Å². The molecule has 1 aliphatic heterocycles. The zero-order valence-corrected chi connectivity index (χ0v) is 12.3. The zero-order chi connectivity index (χ0) is 16.4. The summed E-state index contributed by atoms with van der Waals surface area (Å²) in [6.45, 7) is 0.269. The van der Waals surface area contributed by atoms with Crippen molar-refractivity contribution >= 4 is 12.0 Å². The van der Waals surface area contributed by atoms with Crippen LogP contribution < -0.4 is 10.1 Å². The first-order valence-electron chi connectivity index (χ1n) is 7.26. The molecule has 0 atom stereocenters. The fraction of sp³-hybridized carbons (Fsp3) is 0.400. The normalized spacial score (nSPS) is 17.2. The van der Waals surface area contributed by atoms with Crippen molar-refractivity contribution in [2.45, 2.75) is 25.4 Å². The van der Waals surface area contributed by atoms with Crippen molar-refractivity contribution in [1.82, 2.24) is 15.2 Å². The number of nitrogens with zero attached hydrogens (tertiary/aromatic N) is 2. The van der Waals surface area contributed by atoms with Gasteiger partial charge in [0.15, 0.2) is 0 Å². The van der Waals surface area contributed by atoms with Gasteiger partial charge in [-0.05, 0) is 18.9 Å². The van der Waals surface area contributed by atoms with Crippen LogP contribution in [0, 0.1) is 0 Å². The minimum atomic E-state index is -1.23. The smallest absolute Gasteiger partial charge is 0.404 e. The van der Waals surface area contributed by atoms with E-state index in [0.717, 1.165) is 18.4 Å². The third kappa shape index (κ3) is 3.41. The van der Waals surface area contributed by atoms with E-state index in [1.54, 1.807) is 6.07 Å². The van der Waals surface area contributed by atoms with E-state index >= 15 is 0 Å². The number of hydrogen-bond acceptors (Lipinski definition) is 4. The molecular formula is C15H16FN3O4. The van der Waals surface area contributed by atoms with E-state index in [1.807, 2.05) is 4.90 Å². The maximum atomic E-state index is 12.7. The Morgan fingerprint density at radius 3 is 3.00 bits per heavy atom. The number of rotatable bonds is 6. The molecule has 23 heavy (non-hydrogen) atoms. The Morgan fingerprint density at radius 1 is 1.57 bits per heavy atom. The molecule has 0 bridgehead atoms. The molecule has 0 unspecified atom stereocenters. The van der Waals surface area contributed by atoms with Crippen molar-refractivity contribution in [2.24, 2.45) is 0 Å². The molecule has 122 valence electrons. The van der Waals surface area contributed by atoms with Crippen LogP contribution in [0.25, 0.3) is 0 Å². The number of ether oxygens (including phenoxy) is 1. The second kappa shape index (κ2) is 6.23. The average molecular weight is 321 g/mol. The molecule has 1 aromatic rings. The quantitative estimate of drug-likeness (QED) is 0.832. The van der Waals surface area contributed by atoms with Crippen LogP contribution in [-0.4, -0.2) is 46.2 Å². The SMILES string of the molecule is O=C(O)NCC(=CF)COc1cnc2c(c1)CN(C1CC1)C2=O. The Hall–Kier alpha value is -2.64. The molecule has 0 aromatic carbocycles. The molecule has 0 saturated heterocycles. The fourth-order valence-electron chi connectivity index (χ4n) is 2.44. The Kier molecular flexibility index (Phi) is 4.14. The largest absolute Gasteiger partial charge is 0.487 e. The molecule has 1 aliphatic carbocycles. The molecule has 2 amide bonds. The van der Waals surface area contributed by atoms with Gasteiger partial charge >= 0.3 is 6.09 Å². The molecule has 2 N–H and O–H groups in total. The molecule has 1 aromatic heterocycles. The lowest BCUT2D eigenvalue weighted by Crippen LogP contribution is -2.26. The number of pyridine rings is 1. The second-order valence-corrected chi connectivity index (χ2v) is 5.56. The van der Waals surface area contributed by atoms with Crippen molar-refractivity contribution < 1.29 is 23.8 Å². The Balaban J connectivity index is 1.61. The monoisotopic (exact) mass is 321 g/mol. The van der Waals surface area contributed by atoms with Gasteiger partial charge in [0, 0.05) is 30.3 Å². The van der Waals surface area contributed by atoms with Crippen molar-refractivity contribution in [1.29, 1.82) is 0 Å². The Bertz CT molecular complexity index is 673. The molecule has 8 heteroatoms. The number of fused-ring (bicyclic) bond motifs is 1. The van der Waals surface area contributed by atoms with Gasteiger partial charge in [-0.2, -0.15) is 0 Å². The highest BCUT2D eigenvalue weighted by Crippen LogP contribution is 2.34. The third-order valence-electron chi connectivity index (χ3n) is 3.78. The lowest BCUT2D eigenvalue weighted by molar-refractivity contribution is 0.0762. The van der Waals surface area contributed by atoms with E-state index in [9.17, 15) is 14.0 Å². The van der Waals surface area contributed by atoms with Gasteiger partial charge in [-0.25, -0.2) is 14.2 Å². The predicted molar refractivity (Wildman–Crippen MR) is 77.8 cm³/mol. The summed E-state index contributed by atoms with van der Waals surface area (Å²) in [6, 6.07) is 2.05. The minimum absolute atomic E-state index is 0.0518. The summed E-state index contributed by atoms with van der Waals surface area (Å²) in [5.41, 5.74) is 1.40. The first-order valence-corrected chi connectivity index (χ1v) is 7.26. The van der Waals surface area contributed by atoms with Crippen molar-refractivity contribution in [3.8, 4) is 5.75 Å². The topological polar surface area (TPSA) is 91.8 Å². The predicted octanol–water partition coefficient (Wildman–Crippen LogP) is 1.70. The number of nitrogens with one attached hydrogen (secondary N) is 1. The Labute approximate surface area is 131 Å².